The molecule has 0 aliphatic rings. The molecule has 1 aromatic rings. The average Bonchev–Trinajstić information content (AvgIpc) is 2.50. The maximum absolute atomic E-state index is 12.4. The van der Waals surface area contributed by atoms with E-state index in [1.165, 1.54) is 0 Å². The third-order valence-corrected chi connectivity index (χ3v) is 3.37. The van der Waals surface area contributed by atoms with Gasteiger partial charge in [0.15, 0.2) is 5.69 Å². The Morgan fingerprint density at radius 3 is 1.78 bits per heavy atom. The smallest absolute Gasteiger partial charge is 0.481 e. The van der Waals surface area contributed by atoms with Gasteiger partial charge in [-0.05, 0) is 26.3 Å². The summed E-state index contributed by atoms with van der Waals surface area (Å²) in [7, 11) is 0. The summed E-state index contributed by atoms with van der Waals surface area (Å²) >= 11 is 0. The first-order chi connectivity index (χ1) is 10.9. The van der Waals surface area contributed by atoms with Crippen LogP contribution in [0, 0.1) is 0 Å². The molecule has 1 aromatic carbocycles. The number of rotatable bonds is 6. The van der Waals surface area contributed by atoms with Crippen molar-refractivity contribution in [3.63, 3.8) is 0 Å². The summed E-state index contributed by atoms with van der Waals surface area (Å²) in [5.74, 6) is -0.954. The zero-order chi connectivity index (χ0) is 17.5. The van der Waals surface area contributed by atoms with Gasteiger partial charge in [-0.15, -0.1) is 0 Å². The number of nitrogens with zero attached hydrogens (tertiary/aromatic N) is 1. The van der Waals surface area contributed by atoms with Crippen LogP contribution in [0.25, 0.3) is 0 Å². The summed E-state index contributed by atoms with van der Waals surface area (Å²) in [5, 5.41) is 8.81. The number of carboxylic acid groups (broad SMARTS) is 1. The monoisotopic (exact) mass is 324 g/mol. The second-order valence-electron chi connectivity index (χ2n) is 4.76. The number of hydrogen-bond acceptors (Lipinski definition) is 5. The molecular formula is C16H22NO6+. The molecule has 126 valence electrons. The number of imide groups is 1. The van der Waals surface area contributed by atoms with Crippen LogP contribution in [0.2, 0.25) is 0 Å². The minimum atomic E-state index is -0.954. The summed E-state index contributed by atoms with van der Waals surface area (Å²) < 4.78 is 9.38. The first kappa shape index (κ1) is 18.6. The van der Waals surface area contributed by atoms with Crippen LogP contribution in [0.4, 0.5) is 15.3 Å². The molecule has 0 radical (unpaired) electrons. The van der Waals surface area contributed by atoms with Crippen molar-refractivity contribution < 1.29 is 29.0 Å². The Morgan fingerprint density at radius 1 is 0.957 bits per heavy atom. The zero-order valence-corrected chi connectivity index (χ0v) is 13.6. The highest BCUT2D eigenvalue weighted by molar-refractivity contribution is 6.03. The summed E-state index contributed by atoms with van der Waals surface area (Å²) in [4.78, 5) is 35.6. The molecule has 0 fully saturated rings. The Kier molecular flexibility index (Phi) is 6.71. The average molecular weight is 324 g/mol. The lowest BCUT2D eigenvalue weighted by molar-refractivity contribution is -0.136. The summed E-state index contributed by atoms with van der Waals surface area (Å²) in [5.41, 5.74) is 0.946. The van der Waals surface area contributed by atoms with Crippen LogP contribution in [-0.4, -0.2) is 43.0 Å². The fourth-order valence-electron chi connectivity index (χ4n) is 2.24. The number of quaternary nitrogens is 1. The Hall–Kier alpha value is -2.41. The van der Waals surface area contributed by atoms with Gasteiger partial charge < -0.3 is 14.6 Å². The van der Waals surface area contributed by atoms with Crippen LogP contribution >= 0.6 is 0 Å². The number of carboxylic acids is 1. The van der Waals surface area contributed by atoms with Crippen LogP contribution in [0.3, 0.4) is 0 Å². The maximum Gasteiger partial charge on any atom is 0.531 e. The predicted molar refractivity (Wildman–Crippen MR) is 84.2 cm³/mol. The second-order valence-corrected chi connectivity index (χ2v) is 4.76. The number of carbonyl (C=O) groups is 3. The number of benzene rings is 1. The molecule has 0 saturated carbocycles. The summed E-state index contributed by atoms with van der Waals surface area (Å²) in [6.45, 7) is 5.38. The fraction of sp³-hybridized carbons (Fsp3) is 0.438. The molecule has 1 N–H and O–H groups in total. The van der Waals surface area contributed by atoms with Gasteiger partial charge in [0.2, 0.25) is 0 Å². The van der Waals surface area contributed by atoms with E-state index in [0.29, 0.717) is 11.3 Å². The van der Waals surface area contributed by atoms with E-state index in [2.05, 4.69) is 0 Å². The van der Waals surface area contributed by atoms with E-state index < -0.39 is 22.6 Å². The normalized spacial score (nSPS) is 10.9. The van der Waals surface area contributed by atoms with Crippen molar-refractivity contribution in [2.75, 3.05) is 19.8 Å². The molecule has 7 heteroatoms. The maximum atomic E-state index is 12.4. The van der Waals surface area contributed by atoms with Gasteiger partial charge in [-0.1, -0.05) is 16.6 Å². The number of aliphatic carboxylic acids is 1. The standard InChI is InChI=1S/C16H21NO6/c1-4-17(15(20)22-5-2,16(21)23-6-3)13-9-7-12(8-10-13)11-14(18)19/h7-10H,4-6,11H2,1-3H3/p+1. The topological polar surface area (TPSA) is 89.9 Å². The van der Waals surface area contributed by atoms with Gasteiger partial charge >= 0.3 is 18.2 Å². The number of carbonyl (C=O) groups excluding carboxylic acids is 2. The van der Waals surface area contributed by atoms with Gasteiger partial charge in [0.25, 0.3) is 0 Å². The van der Waals surface area contributed by atoms with E-state index >= 15 is 0 Å². The Labute approximate surface area is 135 Å². The quantitative estimate of drug-likeness (QED) is 0.809. The van der Waals surface area contributed by atoms with Gasteiger partial charge in [0.05, 0.1) is 19.6 Å². The largest absolute Gasteiger partial charge is 0.531 e. The number of ether oxygens (including phenoxy) is 2. The third-order valence-electron chi connectivity index (χ3n) is 3.37. The third kappa shape index (κ3) is 4.07. The molecule has 2 amide bonds. The van der Waals surface area contributed by atoms with E-state index in [1.807, 2.05) is 0 Å². The molecule has 0 heterocycles. The van der Waals surface area contributed by atoms with Crippen molar-refractivity contribution in [3.8, 4) is 0 Å². The molecular weight excluding hydrogens is 302 g/mol. The van der Waals surface area contributed by atoms with E-state index in [0.717, 1.165) is 0 Å². The van der Waals surface area contributed by atoms with Crippen molar-refractivity contribution in [2.45, 2.75) is 27.2 Å². The number of hydrogen-bond donors (Lipinski definition) is 1. The van der Waals surface area contributed by atoms with E-state index in [1.54, 1.807) is 45.0 Å². The molecule has 0 bridgehead atoms. The van der Waals surface area contributed by atoms with Gasteiger partial charge in [-0.25, -0.2) is 0 Å². The summed E-state index contributed by atoms with van der Waals surface area (Å²) in [6.07, 6.45) is -1.58. The number of amides is 2. The van der Waals surface area contributed by atoms with Crippen LogP contribution in [0.5, 0.6) is 0 Å². The van der Waals surface area contributed by atoms with Crippen molar-refractivity contribution in [2.24, 2.45) is 0 Å². The van der Waals surface area contributed by atoms with Gasteiger partial charge in [-0.3, -0.25) is 4.79 Å². The Balaban J connectivity index is 3.29. The first-order valence-electron chi connectivity index (χ1n) is 7.46. The van der Waals surface area contributed by atoms with Crippen molar-refractivity contribution >= 4 is 23.8 Å². The van der Waals surface area contributed by atoms with Crippen LogP contribution in [0.15, 0.2) is 24.3 Å². The van der Waals surface area contributed by atoms with Gasteiger partial charge in [0, 0.05) is 12.1 Å². The van der Waals surface area contributed by atoms with Crippen molar-refractivity contribution in [1.82, 2.24) is 4.48 Å². The van der Waals surface area contributed by atoms with E-state index in [4.69, 9.17) is 14.6 Å². The molecule has 1 rings (SSSR count). The molecule has 0 unspecified atom stereocenters. The van der Waals surface area contributed by atoms with Crippen LogP contribution in [-0.2, 0) is 20.7 Å². The van der Waals surface area contributed by atoms with Crippen molar-refractivity contribution in [3.05, 3.63) is 29.8 Å². The lowest BCUT2D eigenvalue weighted by Crippen LogP contribution is -2.59. The van der Waals surface area contributed by atoms with Gasteiger partial charge in [-0.2, -0.15) is 9.59 Å². The highest BCUT2D eigenvalue weighted by Crippen LogP contribution is 2.27. The summed E-state index contributed by atoms with van der Waals surface area (Å²) in [6, 6.07) is 6.25. The molecule has 0 spiro atoms. The molecule has 0 aliphatic heterocycles. The minimum Gasteiger partial charge on any atom is -0.481 e. The lowest BCUT2D eigenvalue weighted by Gasteiger charge is -2.28. The molecule has 0 aromatic heterocycles. The Bertz CT molecular complexity index is 548. The molecule has 7 nitrogen and oxygen atoms in total. The first-order valence-corrected chi connectivity index (χ1v) is 7.46. The second kappa shape index (κ2) is 8.28. The Morgan fingerprint density at radius 2 is 1.43 bits per heavy atom. The SMILES string of the molecule is CCOC(=O)[N+](CC)(C(=O)OCC)c1ccc(CC(=O)O)cc1. The molecule has 0 aliphatic carbocycles. The van der Waals surface area contributed by atoms with Crippen molar-refractivity contribution in [1.29, 1.82) is 0 Å². The minimum absolute atomic E-state index is 0.121. The zero-order valence-electron chi connectivity index (χ0n) is 13.6. The fourth-order valence-corrected chi connectivity index (χ4v) is 2.24. The molecule has 0 saturated heterocycles. The predicted octanol–water partition coefficient (Wildman–Crippen LogP) is 2.95. The van der Waals surface area contributed by atoms with E-state index in [-0.39, 0.29) is 26.2 Å². The highest BCUT2D eigenvalue weighted by atomic mass is 16.6. The highest BCUT2D eigenvalue weighted by Gasteiger charge is 2.49. The molecule has 23 heavy (non-hydrogen) atoms. The lowest BCUT2D eigenvalue weighted by atomic mass is 10.1. The van der Waals surface area contributed by atoms with Crippen LogP contribution in [0.1, 0.15) is 26.3 Å². The van der Waals surface area contributed by atoms with Crippen LogP contribution < -0.4 is 4.48 Å². The molecule has 0 atom stereocenters. The van der Waals surface area contributed by atoms with E-state index in [9.17, 15) is 14.4 Å². The van der Waals surface area contributed by atoms with Gasteiger partial charge in [0.1, 0.15) is 6.54 Å².